The zero-order chi connectivity index (χ0) is 11.3. The monoisotopic (exact) mass is 229 g/mol. The molecule has 0 aliphatic rings. The van der Waals surface area contributed by atoms with Crippen LogP contribution in [0.2, 0.25) is 0 Å². The highest BCUT2D eigenvalue weighted by Gasteiger charge is 2.12. The lowest BCUT2D eigenvalue weighted by Crippen LogP contribution is -2.35. The van der Waals surface area contributed by atoms with Crippen molar-refractivity contribution in [2.45, 2.75) is 12.5 Å². The van der Waals surface area contributed by atoms with Gasteiger partial charge in [-0.25, -0.2) is 4.98 Å². The summed E-state index contributed by atoms with van der Waals surface area (Å²) >= 11 is 1.32. The van der Waals surface area contributed by atoms with E-state index in [1.807, 2.05) is 0 Å². The summed E-state index contributed by atoms with van der Waals surface area (Å²) in [5, 5.41) is 12.6. The average molecular weight is 229 g/mol. The second kappa shape index (κ2) is 5.42. The number of carboxylic acid groups (broad SMARTS) is 1. The number of nitrogens with one attached hydrogen (secondary N) is 1. The van der Waals surface area contributed by atoms with Crippen LogP contribution in [0.3, 0.4) is 0 Å². The van der Waals surface area contributed by atoms with Crippen LogP contribution in [-0.4, -0.2) is 34.6 Å². The Morgan fingerprint density at radius 1 is 1.67 bits per heavy atom. The van der Waals surface area contributed by atoms with Gasteiger partial charge in [-0.15, -0.1) is 11.3 Å². The Hall–Kier alpha value is -1.47. The molecule has 0 fully saturated rings. The molecule has 7 heteroatoms. The fourth-order valence-corrected chi connectivity index (χ4v) is 1.41. The van der Waals surface area contributed by atoms with Gasteiger partial charge in [-0.05, 0) is 6.42 Å². The molecule has 1 aromatic heterocycles. The third-order valence-corrected chi connectivity index (χ3v) is 2.31. The molecule has 1 rings (SSSR count). The molecule has 0 aliphatic heterocycles. The number of carboxylic acids is 1. The van der Waals surface area contributed by atoms with Crippen LogP contribution in [-0.2, 0) is 4.79 Å². The quantitative estimate of drug-likeness (QED) is 0.641. The molecule has 4 N–H and O–H groups in total. The summed E-state index contributed by atoms with van der Waals surface area (Å²) in [5.74, 6) is -1.38. The lowest BCUT2D eigenvalue weighted by Gasteiger charge is -2.06. The largest absolute Gasteiger partial charge is 0.480 e. The zero-order valence-corrected chi connectivity index (χ0v) is 8.66. The first-order chi connectivity index (χ1) is 7.11. The van der Waals surface area contributed by atoms with E-state index < -0.39 is 12.0 Å². The van der Waals surface area contributed by atoms with Crippen LogP contribution in [0.4, 0.5) is 0 Å². The molecular weight excluding hydrogens is 218 g/mol. The average Bonchev–Trinajstić information content (AvgIpc) is 2.70. The van der Waals surface area contributed by atoms with Crippen LogP contribution in [0.15, 0.2) is 10.9 Å². The van der Waals surface area contributed by atoms with Crippen LogP contribution in [0.1, 0.15) is 16.9 Å². The minimum Gasteiger partial charge on any atom is -0.480 e. The molecule has 0 aromatic carbocycles. The summed E-state index contributed by atoms with van der Waals surface area (Å²) < 4.78 is 0. The van der Waals surface area contributed by atoms with Crippen LogP contribution < -0.4 is 11.1 Å². The standard InChI is InChI=1S/C8H11N3O3S/c9-5(8(13)14)1-2-10-7(12)6-3-15-4-11-6/h3-5H,1-2,9H2,(H,10,12)(H,13,14). The molecule has 0 aliphatic carbocycles. The molecule has 0 saturated carbocycles. The highest BCUT2D eigenvalue weighted by Crippen LogP contribution is 2.00. The van der Waals surface area contributed by atoms with Crippen LogP contribution in [0.25, 0.3) is 0 Å². The molecule has 0 spiro atoms. The minimum absolute atomic E-state index is 0.200. The Morgan fingerprint density at radius 2 is 2.40 bits per heavy atom. The molecule has 15 heavy (non-hydrogen) atoms. The van der Waals surface area contributed by atoms with Crippen molar-refractivity contribution in [1.82, 2.24) is 10.3 Å². The third-order valence-electron chi connectivity index (χ3n) is 1.72. The van der Waals surface area contributed by atoms with Crippen molar-refractivity contribution in [3.05, 3.63) is 16.6 Å². The van der Waals surface area contributed by atoms with Crippen molar-refractivity contribution in [1.29, 1.82) is 0 Å². The Bertz CT molecular complexity index is 339. The number of thiazole rings is 1. The highest BCUT2D eigenvalue weighted by atomic mass is 32.1. The van der Waals surface area contributed by atoms with Crippen molar-refractivity contribution in [2.75, 3.05) is 6.54 Å². The summed E-state index contributed by atoms with van der Waals surface area (Å²) in [6.45, 7) is 0.226. The number of carbonyl (C=O) groups is 2. The van der Waals surface area contributed by atoms with Gasteiger partial charge in [-0.2, -0.15) is 0 Å². The Balaban J connectivity index is 2.27. The molecule has 1 amide bonds. The fourth-order valence-electron chi connectivity index (χ4n) is 0.880. The molecule has 82 valence electrons. The van der Waals surface area contributed by atoms with Gasteiger partial charge < -0.3 is 16.2 Å². The first-order valence-corrected chi connectivity index (χ1v) is 5.20. The number of aromatic nitrogens is 1. The van der Waals surface area contributed by atoms with Gasteiger partial charge in [0.05, 0.1) is 5.51 Å². The van der Waals surface area contributed by atoms with E-state index in [1.54, 1.807) is 10.9 Å². The van der Waals surface area contributed by atoms with Gasteiger partial charge in [0.2, 0.25) is 0 Å². The number of aliphatic carboxylic acids is 1. The molecule has 0 saturated heterocycles. The van der Waals surface area contributed by atoms with Crippen molar-refractivity contribution < 1.29 is 14.7 Å². The Morgan fingerprint density at radius 3 is 2.93 bits per heavy atom. The number of nitrogens with zero attached hydrogens (tertiary/aromatic N) is 1. The number of hydrogen-bond acceptors (Lipinski definition) is 5. The van der Waals surface area contributed by atoms with Crippen molar-refractivity contribution in [2.24, 2.45) is 5.73 Å². The lowest BCUT2D eigenvalue weighted by molar-refractivity contribution is -0.138. The molecule has 6 nitrogen and oxygen atoms in total. The van der Waals surface area contributed by atoms with Crippen LogP contribution in [0, 0.1) is 0 Å². The van der Waals surface area contributed by atoms with E-state index >= 15 is 0 Å². The SMILES string of the molecule is NC(CCNC(=O)c1cscn1)C(=O)O. The van der Waals surface area contributed by atoms with Gasteiger partial charge >= 0.3 is 5.97 Å². The molecule has 1 unspecified atom stereocenters. The van der Waals surface area contributed by atoms with Gasteiger partial charge in [-0.1, -0.05) is 0 Å². The van der Waals surface area contributed by atoms with Crippen molar-refractivity contribution >= 4 is 23.2 Å². The van der Waals surface area contributed by atoms with Gasteiger partial charge in [0, 0.05) is 11.9 Å². The Labute approximate surface area is 90.1 Å². The molecule has 0 bridgehead atoms. The van der Waals surface area contributed by atoms with Crippen LogP contribution >= 0.6 is 11.3 Å². The number of carbonyl (C=O) groups excluding carboxylic acids is 1. The number of amides is 1. The van der Waals surface area contributed by atoms with E-state index in [1.165, 1.54) is 11.3 Å². The molecule has 1 aromatic rings. The fraction of sp³-hybridized carbons (Fsp3) is 0.375. The van der Waals surface area contributed by atoms with Gasteiger partial charge in [0.1, 0.15) is 11.7 Å². The molecular formula is C8H11N3O3S. The molecule has 1 atom stereocenters. The second-order valence-electron chi connectivity index (χ2n) is 2.86. The first-order valence-electron chi connectivity index (χ1n) is 4.26. The van der Waals surface area contributed by atoms with Gasteiger partial charge in [0.15, 0.2) is 0 Å². The topological polar surface area (TPSA) is 105 Å². The molecule has 1 heterocycles. The van der Waals surface area contributed by atoms with E-state index in [2.05, 4.69) is 10.3 Å². The van der Waals surface area contributed by atoms with E-state index in [9.17, 15) is 9.59 Å². The number of hydrogen-bond donors (Lipinski definition) is 3. The smallest absolute Gasteiger partial charge is 0.320 e. The number of rotatable bonds is 5. The molecule has 0 radical (unpaired) electrons. The predicted octanol–water partition coefficient (Wildman–Crippen LogP) is -0.325. The van der Waals surface area contributed by atoms with E-state index in [0.717, 1.165) is 0 Å². The normalized spacial score (nSPS) is 12.1. The first kappa shape index (κ1) is 11.6. The zero-order valence-electron chi connectivity index (χ0n) is 7.84. The highest BCUT2D eigenvalue weighted by molar-refractivity contribution is 7.07. The van der Waals surface area contributed by atoms with E-state index in [-0.39, 0.29) is 18.9 Å². The van der Waals surface area contributed by atoms with Gasteiger partial charge in [0.25, 0.3) is 5.91 Å². The summed E-state index contributed by atoms with van der Waals surface area (Å²) in [5.41, 5.74) is 7.15. The van der Waals surface area contributed by atoms with Crippen molar-refractivity contribution in [3.8, 4) is 0 Å². The number of nitrogens with two attached hydrogens (primary N) is 1. The predicted molar refractivity (Wildman–Crippen MR) is 54.7 cm³/mol. The van der Waals surface area contributed by atoms with Gasteiger partial charge in [-0.3, -0.25) is 9.59 Å². The third kappa shape index (κ3) is 3.64. The maximum Gasteiger partial charge on any atom is 0.320 e. The maximum atomic E-state index is 11.3. The summed E-state index contributed by atoms with van der Waals surface area (Å²) in [7, 11) is 0. The minimum atomic E-state index is -1.07. The summed E-state index contributed by atoms with van der Waals surface area (Å²) in [6.07, 6.45) is 0.200. The van der Waals surface area contributed by atoms with E-state index in [0.29, 0.717) is 5.69 Å². The summed E-state index contributed by atoms with van der Waals surface area (Å²) in [6, 6.07) is -0.944. The van der Waals surface area contributed by atoms with E-state index in [4.69, 9.17) is 10.8 Å². The second-order valence-corrected chi connectivity index (χ2v) is 3.58. The van der Waals surface area contributed by atoms with Crippen molar-refractivity contribution in [3.63, 3.8) is 0 Å². The van der Waals surface area contributed by atoms with Crippen LogP contribution in [0.5, 0.6) is 0 Å². The summed E-state index contributed by atoms with van der Waals surface area (Å²) in [4.78, 5) is 25.5. The maximum absolute atomic E-state index is 11.3. The lowest BCUT2D eigenvalue weighted by atomic mass is 10.2. The Kier molecular flexibility index (Phi) is 4.19.